The summed E-state index contributed by atoms with van der Waals surface area (Å²) in [5, 5.41) is 0. The van der Waals surface area contributed by atoms with E-state index < -0.39 is 9.84 Å². The Kier molecular flexibility index (Phi) is 6.43. The first-order chi connectivity index (χ1) is 11.8. The van der Waals surface area contributed by atoms with Crippen molar-refractivity contribution < 1.29 is 8.42 Å². The number of nitrogens with zero attached hydrogens (tertiary/aromatic N) is 3. The number of pyridine rings is 1. The number of sulfone groups is 1. The van der Waals surface area contributed by atoms with Gasteiger partial charge >= 0.3 is 0 Å². The van der Waals surface area contributed by atoms with Gasteiger partial charge in [-0.25, -0.2) is 18.4 Å². The fourth-order valence-corrected chi connectivity index (χ4v) is 4.61. The predicted molar refractivity (Wildman–Crippen MR) is 104 cm³/mol. The second-order valence-corrected chi connectivity index (χ2v) is 9.00. The number of anilines is 1. The minimum Gasteiger partial charge on any atom is -0.382 e. The Hall–Kier alpha value is -1.63. The van der Waals surface area contributed by atoms with E-state index >= 15 is 0 Å². The van der Waals surface area contributed by atoms with Crippen molar-refractivity contribution in [2.45, 2.75) is 66.3 Å². The minimum absolute atomic E-state index is 0.219. The lowest BCUT2D eigenvalue weighted by Gasteiger charge is -2.12. The van der Waals surface area contributed by atoms with Gasteiger partial charge in [-0.3, -0.25) is 0 Å². The highest BCUT2D eigenvalue weighted by atomic mass is 32.2. The van der Waals surface area contributed by atoms with Crippen LogP contribution in [0.25, 0.3) is 11.0 Å². The minimum atomic E-state index is -2.97. The molecule has 0 saturated carbocycles. The number of fused-ring (bicyclic) bond motifs is 1. The molecule has 6 nitrogen and oxygen atoms in total. The monoisotopic (exact) mass is 366 g/mol. The number of rotatable bonds is 9. The third kappa shape index (κ3) is 4.51. The first-order valence-corrected chi connectivity index (χ1v) is 10.9. The molecule has 0 fully saturated rings. The Labute approximate surface area is 150 Å². The molecule has 2 rings (SSSR count). The van der Waals surface area contributed by atoms with Crippen LogP contribution in [0.15, 0.2) is 0 Å². The van der Waals surface area contributed by atoms with E-state index in [1.54, 1.807) is 0 Å². The summed E-state index contributed by atoms with van der Waals surface area (Å²) < 4.78 is 26.4. The van der Waals surface area contributed by atoms with E-state index in [1.807, 2.05) is 20.8 Å². The molecule has 2 aromatic heterocycles. The Morgan fingerprint density at radius 1 is 1.04 bits per heavy atom. The Morgan fingerprint density at radius 2 is 1.72 bits per heavy atom. The number of hydrogen-bond donors (Lipinski definition) is 1. The van der Waals surface area contributed by atoms with Crippen LogP contribution in [0.1, 0.15) is 56.6 Å². The zero-order valence-corrected chi connectivity index (χ0v) is 16.6. The lowest BCUT2D eigenvalue weighted by atomic mass is 10.2. The Morgan fingerprint density at radius 3 is 2.36 bits per heavy atom. The molecule has 0 aromatic carbocycles. The molecular formula is C18H30N4O2S. The maximum atomic E-state index is 12.1. The van der Waals surface area contributed by atoms with E-state index in [2.05, 4.69) is 16.5 Å². The van der Waals surface area contributed by atoms with Gasteiger partial charge in [0.25, 0.3) is 0 Å². The van der Waals surface area contributed by atoms with Crippen LogP contribution in [0.5, 0.6) is 0 Å². The Bertz CT molecular complexity index is 841. The third-order valence-corrected chi connectivity index (χ3v) is 6.42. The molecule has 0 spiro atoms. The highest BCUT2D eigenvalue weighted by Gasteiger charge is 2.18. The van der Waals surface area contributed by atoms with Crippen LogP contribution in [0.4, 0.5) is 5.82 Å². The zero-order chi connectivity index (χ0) is 18.6. The van der Waals surface area contributed by atoms with Crippen molar-refractivity contribution >= 4 is 26.7 Å². The molecule has 0 saturated heterocycles. The van der Waals surface area contributed by atoms with E-state index in [4.69, 9.17) is 10.7 Å². The fourth-order valence-electron chi connectivity index (χ4n) is 3.11. The molecule has 7 heteroatoms. The van der Waals surface area contributed by atoms with Crippen molar-refractivity contribution in [2.24, 2.45) is 0 Å². The summed E-state index contributed by atoms with van der Waals surface area (Å²) >= 11 is 0. The number of nitrogens with two attached hydrogens (primary N) is 1. The molecule has 0 aliphatic heterocycles. The van der Waals surface area contributed by atoms with Crippen molar-refractivity contribution in [1.82, 2.24) is 14.5 Å². The van der Waals surface area contributed by atoms with Crippen LogP contribution < -0.4 is 5.73 Å². The molecule has 0 atom stereocenters. The first-order valence-electron chi connectivity index (χ1n) is 9.12. The van der Waals surface area contributed by atoms with Gasteiger partial charge in [0, 0.05) is 18.7 Å². The van der Waals surface area contributed by atoms with Gasteiger partial charge in [-0.1, -0.05) is 20.3 Å². The summed E-state index contributed by atoms with van der Waals surface area (Å²) in [6.07, 6.45) is 4.04. The lowest BCUT2D eigenvalue weighted by Crippen LogP contribution is -2.14. The highest BCUT2D eigenvalue weighted by Crippen LogP contribution is 2.27. The van der Waals surface area contributed by atoms with Crippen molar-refractivity contribution in [2.75, 3.05) is 17.2 Å². The maximum Gasteiger partial charge on any atom is 0.151 e. The van der Waals surface area contributed by atoms with Gasteiger partial charge in [-0.2, -0.15) is 0 Å². The van der Waals surface area contributed by atoms with Crippen LogP contribution in [0, 0.1) is 13.8 Å². The third-order valence-electron chi connectivity index (χ3n) is 4.59. The van der Waals surface area contributed by atoms with Crippen LogP contribution in [-0.4, -0.2) is 34.5 Å². The van der Waals surface area contributed by atoms with Gasteiger partial charge < -0.3 is 10.3 Å². The van der Waals surface area contributed by atoms with Gasteiger partial charge in [0.1, 0.15) is 21.2 Å². The molecule has 25 heavy (non-hydrogen) atoms. The predicted octanol–water partition coefficient (Wildman–Crippen LogP) is 3.19. The van der Waals surface area contributed by atoms with E-state index in [0.717, 1.165) is 53.8 Å². The van der Waals surface area contributed by atoms with Gasteiger partial charge in [0.2, 0.25) is 0 Å². The molecule has 2 heterocycles. The molecule has 140 valence electrons. The summed E-state index contributed by atoms with van der Waals surface area (Å²) in [4.78, 5) is 9.07. The average Bonchev–Trinajstić information content (AvgIpc) is 2.90. The summed E-state index contributed by atoms with van der Waals surface area (Å²) in [7, 11) is -2.97. The second kappa shape index (κ2) is 8.17. The van der Waals surface area contributed by atoms with Gasteiger partial charge in [-0.15, -0.1) is 0 Å². The number of nitrogen functional groups attached to an aromatic ring is 1. The molecule has 0 aliphatic rings. The molecular weight excluding hydrogens is 336 g/mol. The van der Waals surface area contributed by atoms with Crippen molar-refractivity contribution in [1.29, 1.82) is 0 Å². The fraction of sp³-hybridized carbons (Fsp3) is 0.667. The standard InChI is InChI=1S/C18H30N4O2S/c1-5-7-11-25(23,24)12-8-10-22-15(9-6-2)21-16-17(22)13(3)14(4)20-18(16)19/h5-12H2,1-4H3,(H2,19,20). The molecule has 2 aromatic rings. The molecule has 0 aliphatic carbocycles. The molecule has 2 N–H and O–H groups in total. The van der Waals surface area contributed by atoms with Gasteiger partial charge in [-0.05, 0) is 38.7 Å². The summed E-state index contributed by atoms with van der Waals surface area (Å²) in [5.41, 5.74) is 9.77. The summed E-state index contributed by atoms with van der Waals surface area (Å²) in [6, 6.07) is 0. The van der Waals surface area contributed by atoms with E-state index in [-0.39, 0.29) is 11.5 Å². The van der Waals surface area contributed by atoms with Crippen molar-refractivity contribution in [3.8, 4) is 0 Å². The van der Waals surface area contributed by atoms with Crippen molar-refractivity contribution in [3.05, 3.63) is 17.1 Å². The Balaban J connectivity index is 2.31. The second-order valence-electron chi connectivity index (χ2n) is 6.69. The SMILES string of the molecule is CCCCS(=O)(=O)CCCn1c(CCC)nc2c(N)nc(C)c(C)c21. The number of aryl methyl sites for hydroxylation is 4. The summed E-state index contributed by atoms with van der Waals surface area (Å²) in [6.45, 7) is 8.72. The van der Waals surface area contributed by atoms with Crippen LogP contribution in [-0.2, 0) is 22.8 Å². The van der Waals surface area contributed by atoms with Crippen LogP contribution in [0.2, 0.25) is 0 Å². The zero-order valence-electron chi connectivity index (χ0n) is 15.8. The molecule has 0 amide bonds. The molecule has 0 radical (unpaired) electrons. The topological polar surface area (TPSA) is 90.9 Å². The van der Waals surface area contributed by atoms with Gasteiger partial charge in [0.05, 0.1) is 17.0 Å². The smallest absolute Gasteiger partial charge is 0.151 e. The molecule has 0 unspecified atom stereocenters. The van der Waals surface area contributed by atoms with E-state index in [0.29, 0.717) is 18.8 Å². The number of unbranched alkanes of at least 4 members (excludes halogenated alkanes) is 1. The number of imidazole rings is 1. The number of aromatic nitrogens is 3. The molecule has 0 bridgehead atoms. The largest absolute Gasteiger partial charge is 0.382 e. The van der Waals surface area contributed by atoms with E-state index in [9.17, 15) is 8.42 Å². The normalized spacial score (nSPS) is 12.2. The lowest BCUT2D eigenvalue weighted by molar-refractivity contribution is 0.581. The van der Waals surface area contributed by atoms with Crippen molar-refractivity contribution in [3.63, 3.8) is 0 Å². The van der Waals surface area contributed by atoms with Crippen LogP contribution in [0.3, 0.4) is 0 Å². The first kappa shape index (κ1) is 19.7. The van der Waals surface area contributed by atoms with E-state index in [1.165, 1.54) is 0 Å². The number of hydrogen-bond acceptors (Lipinski definition) is 5. The quantitative estimate of drug-likeness (QED) is 0.736. The average molecular weight is 367 g/mol. The maximum absolute atomic E-state index is 12.1. The van der Waals surface area contributed by atoms with Crippen LogP contribution >= 0.6 is 0 Å². The highest BCUT2D eigenvalue weighted by molar-refractivity contribution is 7.91. The van der Waals surface area contributed by atoms with Gasteiger partial charge in [0.15, 0.2) is 5.82 Å². The summed E-state index contributed by atoms with van der Waals surface area (Å²) in [5.74, 6) is 1.91.